The zero-order valence-corrected chi connectivity index (χ0v) is 13.1. The van der Waals surface area contributed by atoms with Crippen LogP contribution in [0, 0.1) is 5.41 Å². The van der Waals surface area contributed by atoms with Crippen LogP contribution in [-0.4, -0.2) is 24.5 Å². The lowest BCUT2D eigenvalue weighted by atomic mass is 9.83. The van der Waals surface area contributed by atoms with Gasteiger partial charge in [-0.3, -0.25) is 4.90 Å². The summed E-state index contributed by atoms with van der Waals surface area (Å²) in [4.78, 5) is 2.46. The van der Waals surface area contributed by atoms with Gasteiger partial charge in [-0.1, -0.05) is 37.0 Å². The molecule has 1 saturated heterocycles. The molecule has 0 saturated carbocycles. The summed E-state index contributed by atoms with van der Waals surface area (Å²) in [6.07, 6.45) is 2.49. The van der Waals surface area contributed by atoms with Crippen molar-refractivity contribution in [3.05, 3.63) is 33.8 Å². The maximum Gasteiger partial charge on any atom is 0.0471 e. The number of nitrogens with two attached hydrogens (primary N) is 1. The summed E-state index contributed by atoms with van der Waals surface area (Å²) in [6.45, 7) is 7.39. The molecule has 1 aromatic carbocycles. The largest absolute Gasteiger partial charge is 0.329 e. The van der Waals surface area contributed by atoms with Gasteiger partial charge in [0.05, 0.1) is 0 Å². The Kier molecular flexibility index (Phi) is 4.78. The molecule has 19 heavy (non-hydrogen) atoms. The molecule has 2 rings (SSSR count). The first-order chi connectivity index (χ1) is 8.91. The zero-order chi connectivity index (χ0) is 14.0. The highest BCUT2D eigenvalue weighted by Crippen LogP contribution is 2.34. The second kappa shape index (κ2) is 6.01. The molecule has 0 amide bonds. The highest BCUT2D eigenvalue weighted by molar-refractivity contribution is 6.34. The average molecular weight is 301 g/mol. The normalized spacial score (nSPS) is 21.3. The number of benzene rings is 1. The van der Waals surface area contributed by atoms with E-state index >= 15 is 0 Å². The van der Waals surface area contributed by atoms with Crippen LogP contribution >= 0.6 is 23.2 Å². The van der Waals surface area contributed by atoms with E-state index in [-0.39, 0.29) is 6.04 Å². The molecule has 1 fully saturated rings. The van der Waals surface area contributed by atoms with Crippen LogP contribution in [0.4, 0.5) is 0 Å². The number of nitrogens with zero attached hydrogens (tertiary/aromatic N) is 1. The summed E-state index contributed by atoms with van der Waals surface area (Å²) in [7, 11) is 0. The second-order valence-electron chi connectivity index (χ2n) is 6.19. The first-order valence-electron chi connectivity index (χ1n) is 6.81. The minimum absolute atomic E-state index is 0.204. The summed E-state index contributed by atoms with van der Waals surface area (Å²) < 4.78 is 0. The summed E-state index contributed by atoms with van der Waals surface area (Å²) in [6, 6.07) is 5.93. The van der Waals surface area contributed by atoms with Crippen molar-refractivity contribution in [3.8, 4) is 0 Å². The lowest BCUT2D eigenvalue weighted by molar-refractivity contribution is 0.0807. The number of hydrogen-bond acceptors (Lipinski definition) is 2. The molecule has 1 aliphatic heterocycles. The van der Waals surface area contributed by atoms with Crippen molar-refractivity contribution < 1.29 is 0 Å². The molecule has 2 nitrogen and oxygen atoms in total. The van der Waals surface area contributed by atoms with E-state index < -0.39 is 0 Å². The Labute approximate surface area is 125 Å². The maximum absolute atomic E-state index is 6.10. The third kappa shape index (κ3) is 3.85. The highest BCUT2D eigenvalue weighted by atomic mass is 35.5. The molecule has 1 heterocycles. The van der Waals surface area contributed by atoms with Gasteiger partial charge in [0.15, 0.2) is 0 Å². The van der Waals surface area contributed by atoms with Crippen molar-refractivity contribution >= 4 is 23.2 Å². The molecule has 1 aromatic rings. The van der Waals surface area contributed by atoms with E-state index in [4.69, 9.17) is 28.9 Å². The summed E-state index contributed by atoms with van der Waals surface area (Å²) >= 11 is 12.2. The Balaban J connectivity index is 2.23. The Bertz CT molecular complexity index is 426. The molecule has 4 heteroatoms. The first-order valence-corrected chi connectivity index (χ1v) is 7.57. The van der Waals surface area contributed by atoms with Crippen LogP contribution in [-0.2, 0) is 0 Å². The number of hydrogen-bond donors (Lipinski definition) is 1. The molecule has 0 radical (unpaired) electrons. The fraction of sp³-hybridized carbons (Fsp3) is 0.600. The summed E-state index contributed by atoms with van der Waals surface area (Å²) in [5.41, 5.74) is 7.47. The van der Waals surface area contributed by atoms with Crippen molar-refractivity contribution in [2.24, 2.45) is 11.1 Å². The number of likely N-dealkylation sites (tertiary alicyclic amines) is 1. The van der Waals surface area contributed by atoms with Gasteiger partial charge in [0.1, 0.15) is 0 Å². The van der Waals surface area contributed by atoms with Crippen LogP contribution in [0.15, 0.2) is 18.2 Å². The molecule has 106 valence electrons. The zero-order valence-electron chi connectivity index (χ0n) is 11.6. The van der Waals surface area contributed by atoms with Gasteiger partial charge in [0, 0.05) is 29.2 Å². The third-order valence-corrected chi connectivity index (χ3v) is 4.30. The molecule has 1 aliphatic rings. The molecule has 0 bridgehead atoms. The van der Waals surface area contributed by atoms with Crippen LogP contribution in [0.1, 0.15) is 38.3 Å². The van der Waals surface area contributed by atoms with E-state index in [1.54, 1.807) is 6.07 Å². The molecular weight excluding hydrogens is 279 g/mol. The average Bonchev–Trinajstić information content (AvgIpc) is 2.27. The van der Waals surface area contributed by atoms with E-state index in [2.05, 4.69) is 18.7 Å². The van der Waals surface area contributed by atoms with Gasteiger partial charge in [0.2, 0.25) is 0 Å². The van der Waals surface area contributed by atoms with Gasteiger partial charge in [0.25, 0.3) is 0 Å². The van der Waals surface area contributed by atoms with Gasteiger partial charge in [-0.25, -0.2) is 0 Å². The van der Waals surface area contributed by atoms with E-state index in [0.29, 0.717) is 22.0 Å². The standard InChI is InChI=1S/C15H22Cl2N2/c1-15(2)4-3-5-19(10-15)14(9-18)11-6-12(16)8-13(17)7-11/h6-8,14H,3-5,9-10,18H2,1-2H3. The van der Waals surface area contributed by atoms with Crippen molar-refractivity contribution in [2.75, 3.05) is 19.6 Å². The van der Waals surface area contributed by atoms with E-state index in [1.165, 1.54) is 12.8 Å². The smallest absolute Gasteiger partial charge is 0.0471 e. The maximum atomic E-state index is 6.10. The molecule has 1 atom stereocenters. The first kappa shape index (κ1) is 15.1. The van der Waals surface area contributed by atoms with Crippen LogP contribution in [0.2, 0.25) is 10.0 Å². The number of rotatable bonds is 3. The molecule has 0 aliphatic carbocycles. The predicted octanol–water partition coefficient (Wildman–Crippen LogP) is 4.12. The van der Waals surface area contributed by atoms with Crippen molar-refractivity contribution in [1.82, 2.24) is 4.90 Å². The van der Waals surface area contributed by atoms with E-state index in [1.807, 2.05) is 12.1 Å². The van der Waals surface area contributed by atoms with Crippen molar-refractivity contribution in [3.63, 3.8) is 0 Å². The third-order valence-electron chi connectivity index (χ3n) is 3.86. The predicted molar refractivity (Wildman–Crippen MR) is 82.8 cm³/mol. The lowest BCUT2D eigenvalue weighted by Crippen LogP contribution is -2.44. The van der Waals surface area contributed by atoms with E-state index in [9.17, 15) is 0 Å². The van der Waals surface area contributed by atoms with E-state index in [0.717, 1.165) is 18.7 Å². The minimum atomic E-state index is 0.204. The SMILES string of the molecule is CC1(C)CCCN(C(CN)c2cc(Cl)cc(Cl)c2)C1. The van der Waals surface area contributed by atoms with Gasteiger partial charge < -0.3 is 5.73 Å². The molecule has 1 unspecified atom stereocenters. The Morgan fingerprint density at radius 3 is 2.42 bits per heavy atom. The highest BCUT2D eigenvalue weighted by Gasteiger charge is 2.30. The molecule has 0 spiro atoms. The van der Waals surface area contributed by atoms with Crippen LogP contribution < -0.4 is 5.73 Å². The number of piperidine rings is 1. The molecule has 0 aromatic heterocycles. The van der Waals surface area contributed by atoms with Gasteiger partial charge in [-0.05, 0) is 48.6 Å². The van der Waals surface area contributed by atoms with Crippen molar-refractivity contribution in [2.45, 2.75) is 32.7 Å². The van der Waals surface area contributed by atoms with Crippen LogP contribution in [0.25, 0.3) is 0 Å². The minimum Gasteiger partial charge on any atom is -0.329 e. The lowest BCUT2D eigenvalue weighted by Gasteiger charge is -2.42. The summed E-state index contributed by atoms with van der Waals surface area (Å²) in [5, 5.41) is 1.36. The van der Waals surface area contributed by atoms with Gasteiger partial charge in [-0.2, -0.15) is 0 Å². The fourth-order valence-electron chi connectivity index (χ4n) is 3.00. The monoisotopic (exact) mass is 300 g/mol. The molecule has 2 N–H and O–H groups in total. The van der Waals surface area contributed by atoms with Crippen LogP contribution in [0.3, 0.4) is 0 Å². The number of halogens is 2. The Hall–Kier alpha value is -0.280. The second-order valence-corrected chi connectivity index (χ2v) is 7.07. The van der Waals surface area contributed by atoms with Gasteiger partial charge >= 0.3 is 0 Å². The quantitative estimate of drug-likeness (QED) is 0.910. The molecular formula is C15H22Cl2N2. The Morgan fingerprint density at radius 1 is 1.26 bits per heavy atom. The topological polar surface area (TPSA) is 29.3 Å². The Morgan fingerprint density at radius 2 is 1.89 bits per heavy atom. The summed E-state index contributed by atoms with van der Waals surface area (Å²) in [5.74, 6) is 0. The van der Waals surface area contributed by atoms with Gasteiger partial charge in [-0.15, -0.1) is 0 Å². The van der Waals surface area contributed by atoms with Crippen LogP contribution in [0.5, 0.6) is 0 Å². The van der Waals surface area contributed by atoms with Crippen molar-refractivity contribution in [1.29, 1.82) is 0 Å². The fourth-order valence-corrected chi connectivity index (χ4v) is 3.54.